The fourth-order valence-corrected chi connectivity index (χ4v) is 3.03. The van der Waals surface area contributed by atoms with Gasteiger partial charge in [-0.05, 0) is 23.8 Å². The SMILES string of the molecule is C=Cc1ccc([Si](C)(C)OCC(F)(F)F)cc1. The van der Waals surface area contributed by atoms with Gasteiger partial charge in [-0.1, -0.05) is 36.9 Å². The molecule has 0 aliphatic rings. The van der Waals surface area contributed by atoms with Crippen molar-refractivity contribution in [1.82, 2.24) is 0 Å². The highest BCUT2D eigenvalue weighted by atomic mass is 28.4. The summed E-state index contributed by atoms with van der Waals surface area (Å²) in [4.78, 5) is 0. The van der Waals surface area contributed by atoms with Gasteiger partial charge in [-0.25, -0.2) is 0 Å². The smallest absolute Gasteiger partial charge is 0.404 e. The highest BCUT2D eigenvalue weighted by Crippen LogP contribution is 2.18. The largest absolute Gasteiger partial charge is 0.410 e. The molecule has 1 aromatic rings. The highest BCUT2D eigenvalue weighted by Gasteiger charge is 2.34. The molecule has 0 radical (unpaired) electrons. The van der Waals surface area contributed by atoms with Crippen molar-refractivity contribution in [2.75, 3.05) is 6.61 Å². The molecule has 0 N–H and O–H groups in total. The van der Waals surface area contributed by atoms with Crippen LogP contribution in [-0.2, 0) is 4.43 Å². The second kappa shape index (κ2) is 5.06. The average Bonchev–Trinajstić information content (AvgIpc) is 2.26. The zero-order valence-electron chi connectivity index (χ0n) is 9.84. The van der Waals surface area contributed by atoms with E-state index < -0.39 is 21.1 Å². The van der Waals surface area contributed by atoms with E-state index in [-0.39, 0.29) is 0 Å². The highest BCUT2D eigenvalue weighted by molar-refractivity contribution is 6.84. The molecule has 0 aromatic heterocycles. The number of hydrogen-bond donors (Lipinski definition) is 0. The van der Waals surface area contributed by atoms with E-state index in [1.807, 2.05) is 12.1 Å². The van der Waals surface area contributed by atoms with Crippen LogP contribution in [0.2, 0.25) is 13.1 Å². The fraction of sp³-hybridized carbons (Fsp3) is 0.333. The number of benzene rings is 1. The van der Waals surface area contributed by atoms with Crippen LogP contribution >= 0.6 is 0 Å². The van der Waals surface area contributed by atoms with E-state index in [1.54, 1.807) is 31.3 Å². The van der Waals surface area contributed by atoms with Crippen LogP contribution in [0.3, 0.4) is 0 Å². The number of alkyl halides is 3. The van der Waals surface area contributed by atoms with E-state index in [4.69, 9.17) is 4.43 Å². The Balaban J connectivity index is 2.77. The van der Waals surface area contributed by atoms with Gasteiger partial charge in [0.05, 0.1) is 0 Å². The Labute approximate surface area is 100 Å². The first-order valence-corrected chi connectivity index (χ1v) is 8.09. The van der Waals surface area contributed by atoms with Gasteiger partial charge in [0.2, 0.25) is 8.32 Å². The van der Waals surface area contributed by atoms with Gasteiger partial charge in [0.15, 0.2) is 0 Å². The summed E-state index contributed by atoms with van der Waals surface area (Å²) >= 11 is 0. The summed E-state index contributed by atoms with van der Waals surface area (Å²) in [6, 6.07) is 7.27. The Morgan fingerprint density at radius 3 is 2.18 bits per heavy atom. The summed E-state index contributed by atoms with van der Waals surface area (Å²) in [7, 11) is -2.48. The molecule has 94 valence electrons. The predicted molar refractivity (Wildman–Crippen MR) is 65.7 cm³/mol. The summed E-state index contributed by atoms with van der Waals surface area (Å²) in [5, 5.41) is 0.840. The van der Waals surface area contributed by atoms with E-state index in [9.17, 15) is 13.2 Å². The predicted octanol–water partition coefficient (Wildman–Crippen LogP) is 3.32. The normalized spacial score (nSPS) is 12.5. The lowest BCUT2D eigenvalue weighted by atomic mass is 10.2. The molecule has 0 spiro atoms. The average molecular weight is 260 g/mol. The molecule has 1 aromatic carbocycles. The monoisotopic (exact) mass is 260 g/mol. The van der Waals surface area contributed by atoms with Crippen molar-refractivity contribution in [2.24, 2.45) is 0 Å². The van der Waals surface area contributed by atoms with Crippen molar-refractivity contribution in [3.63, 3.8) is 0 Å². The third-order valence-electron chi connectivity index (χ3n) is 2.44. The fourth-order valence-electron chi connectivity index (χ4n) is 1.37. The van der Waals surface area contributed by atoms with Crippen LogP contribution in [0.25, 0.3) is 6.08 Å². The molecule has 0 heterocycles. The third-order valence-corrected chi connectivity index (χ3v) is 5.03. The molecule has 0 amide bonds. The molecule has 0 aliphatic heterocycles. The molecule has 1 nitrogen and oxygen atoms in total. The van der Waals surface area contributed by atoms with Gasteiger partial charge in [-0.2, -0.15) is 13.2 Å². The quantitative estimate of drug-likeness (QED) is 0.755. The van der Waals surface area contributed by atoms with Crippen LogP contribution in [0, 0.1) is 0 Å². The van der Waals surface area contributed by atoms with Crippen LogP contribution in [0.1, 0.15) is 5.56 Å². The second-order valence-electron chi connectivity index (χ2n) is 4.24. The van der Waals surface area contributed by atoms with Crippen molar-refractivity contribution >= 4 is 19.6 Å². The second-order valence-corrected chi connectivity index (χ2v) is 8.13. The van der Waals surface area contributed by atoms with Gasteiger partial charge in [0.25, 0.3) is 0 Å². The molecule has 0 bridgehead atoms. The standard InChI is InChI=1S/C12H15F3OSi/c1-4-10-5-7-11(8-6-10)17(2,3)16-9-12(13,14)15/h4-8H,1,9H2,2-3H3. The topological polar surface area (TPSA) is 9.23 Å². The van der Waals surface area contributed by atoms with Crippen LogP contribution < -0.4 is 5.19 Å². The molecule has 0 saturated heterocycles. The maximum atomic E-state index is 12.1. The minimum atomic E-state index is -4.27. The maximum Gasteiger partial charge on any atom is 0.410 e. The summed E-state index contributed by atoms with van der Waals surface area (Å²) in [5.74, 6) is 0. The first-order valence-electron chi connectivity index (χ1n) is 5.18. The lowest BCUT2D eigenvalue weighted by molar-refractivity contribution is -0.155. The van der Waals surface area contributed by atoms with E-state index in [1.165, 1.54) is 0 Å². The van der Waals surface area contributed by atoms with Crippen LogP contribution in [0.5, 0.6) is 0 Å². The van der Waals surface area contributed by atoms with Gasteiger partial charge in [-0.15, -0.1) is 0 Å². The molecule has 5 heteroatoms. The molecular weight excluding hydrogens is 245 g/mol. The number of halogens is 3. The minimum absolute atomic E-state index is 0.840. The van der Waals surface area contributed by atoms with Crippen LogP contribution in [0.15, 0.2) is 30.8 Å². The summed E-state index contributed by atoms with van der Waals surface area (Å²) < 4.78 is 41.4. The van der Waals surface area contributed by atoms with Crippen molar-refractivity contribution in [1.29, 1.82) is 0 Å². The van der Waals surface area contributed by atoms with E-state index >= 15 is 0 Å². The lowest BCUT2D eigenvalue weighted by Crippen LogP contribution is -2.46. The van der Waals surface area contributed by atoms with Crippen molar-refractivity contribution in [3.8, 4) is 0 Å². The summed E-state index contributed by atoms with van der Waals surface area (Å²) in [5.41, 5.74) is 0.939. The molecule has 0 aliphatic carbocycles. The molecule has 0 fully saturated rings. The Morgan fingerprint density at radius 2 is 1.76 bits per heavy atom. The lowest BCUT2D eigenvalue weighted by Gasteiger charge is -2.24. The molecule has 0 atom stereocenters. The van der Waals surface area contributed by atoms with E-state index in [0.29, 0.717) is 0 Å². The number of rotatable bonds is 4. The maximum absolute atomic E-state index is 12.1. The molecular formula is C12H15F3OSi. The molecule has 0 saturated carbocycles. The molecule has 0 unspecified atom stereocenters. The molecule has 1 rings (SSSR count). The Morgan fingerprint density at radius 1 is 1.24 bits per heavy atom. The summed E-state index contributed by atoms with van der Waals surface area (Å²) in [6.07, 6.45) is -2.58. The van der Waals surface area contributed by atoms with Gasteiger partial charge in [0, 0.05) is 0 Å². The van der Waals surface area contributed by atoms with Gasteiger partial charge in [0.1, 0.15) is 6.61 Å². The minimum Gasteiger partial charge on any atom is -0.404 e. The Hall–Kier alpha value is -1.07. The van der Waals surface area contributed by atoms with Crippen molar-refractivity contribution < 1.29 is 17.6 Å². The van der Waals surface area contributed by atoms with Gasteiger partial charge >= 0.3 is 6.18 Å². The van der Waals surface area contributed by atoms with Gasteiger partial charge in [-0.3, -0.25) is 0 Å². The first-order chi connectivity index (χ1) is 7.74. The Kier molecular flexibility index (Phi) is 4.16. The van der Waals surface area contributed by atoms with Gasteiger partial charge < -0.3 is 4.43 Å². The molecule has 17 heavy (non-hydrogen) atoms. The first kappa shape index (κ1) is 14.0. The van der Waals surface area contributed by atoms with Crippen LogP contribution in [-0.4, -0.2) is 21.1 Å². The van der Waals surface area contributed by atoms with E-state index in [0.717, 1.165) is 10.8 Å². The summed E-state index contributed by atoms with van der Waals surface area (Å²) in [6.45, 7) is 5.94. The zero-order valence-corrected chi connectivity index (χ0v) is 10.8. The third kappa shape index (κ3) is 4.36. The Bertz CT molecular complexity index is 382. The zero-order chi connectivity index (χ0) is 13.1. The van der Waals surface area contributed by atoms with Crippen molar-refractivity contribution in [2.45, 2.75) is 19.3 Å². The van der Waals surface area contributed by atoms with E-state index in [2.05, 4.69) is 6.58 Å². The van der Waals surface area contributed by atoms with Crippen LogP contribution in [0.4, 0.5) is 13.2 Å². The van der Waals surface area contributed by atoms with Crippen molar-refractivity contribution in [3.05, 3.63) is 36.4 Å². The number of hydrogen-bond acceptors (Lipinski definition) is 1.